The van der Waals surface area contributed by atoms with Crippen LogP contribution in [0.25, 0.3) is 5.65 Å². The van der Waals surface area contributed by atoms with Gasteiger partial charge in [0.05, 0.1) is 12.8 Å². The summed E-state index contributed by atoms with van der Waals surface area (Å²) >= 11 is 0. The summed E-state index contributed by atoms with van der Waals surface area (Å²) in [6, 6.07) is 0. The number of rotatable bonds is 8. The minimum absolute atomic E-state index is 0.699. The van der Waals surface area contributed by atoms with E-state index in [1.807, 2.05) is 23.7 Å². The monoisotopic (exact) mass is 277 g/mol. The van der Waals surface area contributed by atoms with Crippen molar-refractivity contribution in [1.29, 1.82) is 0 Å². The second-order valence-electron chi connectivity index (χ2n) is 4.41. The van der Waals surface area contributed by atoms with Crippen molar-refractivity contribution in [2.24, 2.45) is 0 Å². The maximum atomic E-state index is 5.45. The Morgan fingerprint density at radius 1 is 1.35 bits per heavy atom. The third-order valence-corrected chi connectivity index (χ3v) is 3.11. The zero-order valence-electron chi connectivity index (χ0n) is 12.5. The average Bonchev–Trinajstić information content (AvgIpc) is 2.92. The number of aromatic nitrogens is 3. The minimum Gasteiger partial charge on any atom is -0.380 e. The van der Waals surface area contributed by atoms with Gasteiger partial charge >= 0.3 is 0 Å². The molecule has 0 radical (unpaired) electrons. The molecule has 0 aliphatic carbocycles. The van der Waals surface area contributed by atoms with Crippen molar-refractivity contribution < 1.29 is 4.74 Å². The first kappa shape index (κ1) is 14.6. The summed E-state index contributed by atoms with van der Waals surface area (Å²) in [7, 11) is 0. The Bertz CT molecular complexity index is 539. The van der Waals surface area contributed by atoms with Crippen LogP contribution in [0.5, 0.6) is 0 Å². The molecule has 0 bridgehead atoms. The van der Waals surface area contributed by atoms with E-state index >= 15 is 0 Å². The van der Waals surface area contributed by atoms with Crippen LogP contribution >= 0.6 is 0 Å². The van der Waals surface area contributed by atoms with Gasteiger partial charge in [-0.3, -0.25) is 0 Å². The Kier molecular flexibility index (Phi) is 5.17. The summed E-state index contributed by atoms with van der Waals surface area (Å²) in [5.74, 6) is 1.76. The van der Waals surface area contributed by atoms with E-state index in [-0.39, 0.29) is 0 Å². The molecule has 2 aromatic rings. The molecule has 0 aliphatic rings. The smallest absolute Gasteiger partial charge is 0.180 e. The van der Waals surface area contributed by atoms with Gasteiger partial charge in [-0.05, 0) is 20.8 Å². The van der Waals surface area contributed by atoms with Crippen LogP contribution in [0, 0.1) is 0 Å². The largest absolute Gasteiger partial charge is 0.380 e. The molecule has 0 saturated heterocycles. The molecule has 2 rings (SSSR count). The van der Waals surface area contributed by atoms with Gasteiger partial charge in [0, 0.05) is 38.6 Å². The molecular formula is C14H23N5O. The standard InChI is InChI=1S/C14H23N5O/c1-4-15-12-11-19-8-7-16-13(19)14(17-12)18(5-2)9-10-20-6-3/h7-8,11,15H,4-6,9-10H2,1-3H3. The number of imidazole rings is 1. The van der Waals surface area contributed by atoms with Crippen molar-refractivity contribution >= 4 is 17.3 Å². The van der Waals surface area contributed by atoms with Gasteiger partial charge in [0.1, 0.15) is 5.82 Å². The number of nitrogens with zero attached hydrogens (tertiary/aromatic N) is 4. The summed E-state index contributed by atoms with van der Waals surface area (Å²) in [5.41, 5.74) is 0.880. The molecular weight excluding hydrogens is 254 g/mol. The second-order valence-corrected chi connectivity index (χ2v) is 4.41. The molecule has 2 heterocycles. The lowest BCUT2D eigenvalue weighted by atomic mass is 10.4. The molecule has 0 unspecified atom stereocenters. The van der Waals surface area contributed by atoms with E-state index in [0.717, 1.165) is 43.5 Å². The molecule has 0 amide bonds. The van der Waals surface area contributed by atoms with Crippen molar-refractivity contribution in [3.8, 4) is 0 Å². The third kappa shape index (κ3) is 3.19. The van der Waals surface area contributed by atoms with Crippen LogP contribution in [0.4, 0.5) is 11.6 Å². The van der Waals surface area contributed by atoms with Gasteiger partial charge in [-0.1, -0.05) is 0 Å². The van der Waals surface area contributed by atoms with Crippen molar-refractivity contribution in [2.45, 2.75) is 20.8 Å². The summed E-state index contributed by atoms with van der Waals surface area (Å²) in [5, 5.41) is 3.26. The first-order valence-corrected chi connectivity index (χ1v) is 7.20. The summed E-state index contributed by atoms with van der Waals surface area (Å²) in [6.07, 6.45) is 5.70. The zero-order chi connectivity index (χ0) is 14.4. The topological polar surface area (TPSA) is 54.7 Å². The van der Waals surface area contributed by atoms with Gasteiger partial charge in [0.15, 0.2) is 11.5 Å². The molecule has 0 spiro atoms. The Hall–Kier alpha value is -1.82. The number of hydrogen-bond acceptors (Lipinski definition) is 5. The Labute approximate surface area is 119 Å². The number of likely N-dealkylation sites (N-methyl/N-ethyl adjacent to an activating group) is 1. The van der Waals surface area contributed by atoms with Crippen LogP contribution in [0.2, 0.25) is 0 Å². The van der Waals surface area contributed by atoms with Crippen molar-refractivity contribution in [3.63, 3.8) is 0 Å². The van der Waals surface area contributed by atoms with E-state index in [9.17, 15) is 0 Å². The van der Waals surface area contributed by atoms with Gasteiger partial charge < -0.3 is 19.4 Å². The van der Waals surface area contributed by atoms with E-state index in [2.05, 4.69) is 34.0 Å². The van der Waals surface area contributed by atoms with Crippen LogP contribution in [-0.2, 0) is 4.74 Å². The Balaban J connectivity index is 2.31. The second kappa shape index (κ2) is 7.09. The van der Waals surface area contributed by atoms with Gasteiger partial charge in [-0.15, -0.1) is 0 Å². The van der Waals surface area contributed by atoms with Crippen LogP contribution in [0.3, 0.4) is 0 Å². The lowest BCUT2D eigenvalue weighted by molar-refractivity contribution is 0.154. The molecule has 0 aromatic carbocycles. The van der Waals surface area contributed by atoms with Crippen molar-refractivity contribution in [1.82, 2.24) is 14.4 Å². The summed E-state index contributed by atoms with van der Waals surface area (Å²) in [4.78, 5) is 11.3. The molecule has 20 heavy (non-hydrogen) atoms. The number of hydrogen-bond donors (Lipinski definition) is 1. The van der Waals surface area contributed by atoms with E-state index < -0.39 is 0 Å². The molecule has 2 aromatic heterocycles. The number of fused-ring (bicyclic) bond motifs is 1. The van der Waals surface area contributed by atoms with Crippen LogP contribution in [-0.4, -0.2) is 47.2 Å². The first-order valence-electron chi connectivity index (χ1n) is 7.20. The number of nitrogens with one attached hydrogen (secondary N) is 1. The fourth-order valence-corrected chi connectivity index (χ4v) is 2.13. The normalized spacial score (nSPS) is 10.9. The maximum Gasteiger partial charge on any atom is 0.180 e. The van der Waals surface area contributed by atoms with Gasteiger partial charge in [-0.25, -0.2) is 9.97 Å². The highest BCUT2D eigenvalue weighted by Gasteiger charge is 2.13. The Morgan fingerprint density at radius 3 is 2.90 bits per heavy atom. The molecule has 1 N–H and O–H groups in total. The minimum atomic E-state index is 0.699. The zero-order valence-corrected chi connectivity index (χ0v) is 12.5. The van der Waals surface area contributed by atoms with Crippen LogP contribution in [0.15, 0.2) is 18.6 Å². The molecule has 6 heteroatoms. The predicted octanol–water partition coefficient (Wildman–Crippen LogP) is 2.02. The molecule has 0 fully saturated rings. The SMILES string of the molecule is CCNc1cn2ccnc2c(N(CC)CCOCC)n1. The fourth-order valence-electron chi connectivity index (χ4n) is 2.13. The molecule has 0 saturated carbocycles. The van der Waals surface area contributed by atoms with Crippen molar-refractivity contribution in [2.75, 3.05) is 43.1 Å². The number of ether oxygens (including phenoxy) is 1. The molecule has 0 atom stereocenters. The third-order valence-electron chi connectivity index (χ3n) is 3.11. The quantitative estimate of drug-likeness (QED) is 0.748. The highest BCUT2D eigenvalue weighted by Crippen LogP contribution is 2.20. The summed E-state index contributed by atoms with van der Waals surface area (Å²) < 4.78 is 7.45. The van der Waals surface area contributed by atoms with E-state index in [1.54, 1.807) is 6.20 Å². The molecule has 0 aliphatic heterocycles. The first-order chi connectivity index (χ1) is 9.80. The highest BCUT2D eigenvalue weighted by molar-refractivity contribution is 5.66. The van der Waals surface area contributed by atoms with Gasteiger partial charge in [0.2, 0.25) is 0 Å². The van der Waals surface area contributed by atoms with Crippen LogP contribution in [0.1, 0.15) is 20.8 Å². The van der Waals surface area contributed by atoms with Crippen LogP contribution < -0.4 is 10.2 Å². The van der Waals surface area contributed by atoms with Crippen molar-refractivity contribution in [3.05, 3.63) is 18.6 Å². The lowest BCUT2D eigenvalue weighted by Gasteiger charge is -2.22. The number of anilines is 2. The van der Waals surface area contributed by atoms with E-state index in [0.29, 0.717) is 6.61 Å². The summed E-state index contributed by atoms with van der Waals surface area (Å²) in [6.45, 7) is 10.2. The fraction of sp³-hybridized carbons (Fsp3) is 0.571. The Morgan fingerprint density at radius 2 is 2.20 bits per heavy atom. The lowest BCUT2D eigenvalue weighted by Crippen LogP contribution is -2.29. The van der Waals surface area contributed by atoms with Gasteiger partial charge in [0.25, 0.3) is 0 Å². The average molecular weight is 277 g/mol. The molecule has 6 nitrogen and oxygen atoms in total. The predicted molar refractivity (Wildman–Crippen MR) is 81.5 cm³/mol. The van der Waals surface area contributed by atoms with Gasteiger partial charge in [-0.2, -0.15) is 0 Å². The van der Waals surface area contributed by atoms with E-state index in [4.69, 9.17) is 4.74 Å². The molecule has 110 valence electrons. The maximum absolute atomic E-state index is 5.45. The van der Waals surface area contributed by atoms with E-state index in [1.165, 1.54) is 0 Å². The highest BCUT2D eigenvalue weighted by atomic mass is 16.5.